The van der Waals surface area contributed by atoms with Gasteiger partial charge in [0.15, 0.2) is 0 Å². The summed E-state index contributed by atoms with van der Waals surface area (Å²) in [5.41, 5.74) is 0. The van der Waals surface area contributed by atoms with Crippen LogP contribution in [-0.4, -0.2) is 51.1 Å². The molecule has 33 heavy (non-hydrogen) atoms. The molecule has 194 valence electrons. The molecule has 0 aliphatic carbocycles. The summed E-state index contributed by atoms with van der Waals surface area (Å²) >= 11 is 5.02. The van der Waals surface area contributed by atoms with E-state index in [1.807, 2.05) is 0 Å². The average Bonchev–Trinajstić information content (AvgIpc) is 2.62. The van der Waals surface area contributed by atoms with Gasteiger partial charge in [-0.05, 0) is 0 Å². The van der Waals surface area contributed by atoms with Gasteiger partial charge in [-0.1, -0.05) is 0 Å². The van der Waals surface area contributed by atoms with Gasteiger partial charge in [-0.15, -0.1) is 0 Å². The quantitative estimate of drug-likeness (QED) is 0.211. The van der Waals surface area contributed by atoms with Crippen LogP contribution < -0.4 is 0 Å². The van der Waals surface area contributed by atoms with E-state index in [1.54, 1.807) is 0 Å². The standard InChI is InChI=1S/C14H12ClF12O4PS/c15-9-1-3-10(4-2-9)33-32(28-5-11(16,17)18,29-6-12(19,20)21,30-7-13(22,23)24)31-8-14(25,26)27/h1-4H,5-8H2. The molecule has 0 heterocycles. The van der Waals surface area contributed by atoms with E-state index in [0.29, 0.717) is 0 Å². The van der Waals surface area contributed by atoms with Crippen molar-refractivity contribution in [2.45, 2.75) is 29.6 Å². The summed E-state index contributed by atoms with van der Waals surface area (Å²) in [6, 6.07) is 3.65. The molecule has 0 fully saturated rings. The summed E-state index contributed by atoms with van der Waals surface area (Å²) < 4.78 is 170. The van der Waals surface area contributed by atoms with Crippen LogP contribution in [0.4, 0.5) is 52.7 Å². The Kier molecular flexibility index (Phi) is 9.65. The first-order chi connectivity index (χ1) is 14.6. The van der Waals surface area contributed by atoms with E-state index in [9.17, 15) is 52.7 Å². The summed E-state index contributed by atoms with van der Waals surface area (Å²) in [6.07, 6.45) is -21.8. The van der Waals surface area contributed by atoms with Gasteiger partial charge in [-0.3, -0.25) is 0 Å². The third kappa shape index (κ3) is 12.0. The summed E-state index contributed by atoms with van der Waals surface area (Å²) in [7, 11) is 0. The zero-order valence-electron chi connectivity index (χ0n) is 15.5. The summed E-state index contributed by atoms with van der Waals surface area (Å²) in [5.74, 6) is 0. The van der Waals surface area contributed by atoms with Gasteiger partial charge in [-0.2, -0.15) is 0 Å². The Balaban J connectivity index is 3.69. The Morgan fingerprint density at radius 3 is 1.09 bits per heavy atom. The second-order valence-electron chi connectivity index (χ2n) is 5.85. The third-order valence-corrected chi connectivity index (χ3v) is 8.85. The van der Waals surface area contributed by atoms with Crippen LogP contribution in [-0.2, 0) is 18.1 Å². The van der Waals surface area contributed by atoms with E-state index in [2.05, 4.69) is 18.1 Å². The van der Waals surface area contributed by atoms with Gasteiger partial charge in [-0.25, -0.2) is 0 Å². The molecular formula is C14H12ClF12O4PS. The van der Waals surface area contributed by atoms with Crippen molar-refractivity contribution in [3.05, 3.63) is 29.3 Å². The van der Waals surface area contributed by atoms with E-state index in [-0.39, 0.29) is 5.02 Å². The average molecular weight is 571 g/mol. The number of hydrogen-bond donors (Lipinski definition) is 0. The van der Waals surface area contributed by atoms with Gasteiger partial charge in [0, 0.05) is 0 Å². The van der Waals surface area contributed by atoms with E-state index >= 15 is 0 Å². The molecule has 0 unspecified atom stereocenters. The van der Waals surface area contributed by atoms with Crippen LogP contribution in [0, 0.1) is 0 Å². The number of halogens is 13. The predicted octanol–water partition coefficient (Wildman–Crippen LogP) is 7.88. The second kappa shape index (κ2) is 10.5. The van der Waals surface area contributed by atoms with Crippen molar-refractivity contribution in [3.63, 3.8) is 0 Å². The molecule has 0 radical (unpaired) electrons. The summed E-state index contributed by atoms with van der Waals surface area (Å²) in [5, 5.41) is -0.0421. The Morgan fingerprint density at radius 2 is 0.848 bits per heavy atom. The Bertz CT molecular complexity index is 682. The van der Waals surface area contributed by atoms with Crippen LogP contribution in [0.5, 0.6) is 0 Å². The van der Waals surface area contributed by atoms with Gasteiger partial charge < -0.3 is 0 Å². The zero-order chi connectivity index (χ0) is 25.8. The summed E-state index contributed by atoms with van der Waals surface area (Å²) in [4.78, 5) is -0.536. The fourth-order valence-corrected chi connectivity index (χ4v) is 7.19. The molecule has 0 aromatic heterocycles. The maximum absolute atomic E-state index is 12.8. The van der Waals surface area contributed by atoms with E-state index in [0.717, 1.165) is 24.3 Å². The Labute approximate surface area is 186 Å². The molecule has 0 aliphatic rings. The zero-order valence-corrected chi connectivity index (χ0v) is 18.0. The van der Waals surface area contributed by atoms with Crippen LogP contribution >= 0.6 is 29.7 Å². The van der Waals surface area contributed by atoms with Crippen molar-refractivity contribution in [2.75, 3.05) is 26.4 Å². The van der Waals surface area contributed by atoms with Gasteiger partial charge in [0.05, 0.1) is 0 Å². The van der Waals surface area contributed by atoms with Crippen molar-refractivity contribution in [1.29, 1.82) is 0 Å². The topological polar surface area (TPSA) is 36.9 Å². The first kappa shape index (κ1) is 30.3. The molecule has 0 saturated heterocycles. The van der Waals surface area contributed by atoms with Crippen LogP contribution in [0.2, 0.25) is 5.02 Å². The SMILES string of the molecule is FC(F)(F)COP(OCC(F)(F)F)(OCC(F)(F)F)(OCC(F)(F)F)Sc1ccc(Cl)cc1. The molecule has 1 aromatic carbocycles. The molecular weight excluding hydrogens is 559 g/mol. The van der Waals surface area contributed by atoms with E-state index < -0.39 is 74.1 Å². The monoisotopic (exact) mass is 570 g/mol. The van der Waals surface area contributed by atoms with Crippen LogP contribution in [0.15, 0.2) is 29.2 Å². The van der Waals surface area contributed by atoms with Crippen molar-refractivity contribution in [3.8, 4) is 0 Å². The van der Waals surface area contributed by atoms with Gasteiger partial charge in [0.2, 0.25) is 0 Å². The van der Waals surface area contributed by atoms with E-state index in [4.69, 9.17) is 11.6 Å². The Morgan fingerprint density at radius 1 is 0.576 bits per heavy atom. The fraction of sp³-hybridized carbons (Fsp3) is 0.571. The Hall–Kier alpha value is -0.710. The number of benzene rings is 1. The van der Waals surface area contributed by atoms with Crippen molar-refractivity contribution in [2.24, 2.45) is 0 Å². The fourth-order valence-electron chi connectivity index (χ4n) is 1.71. The molecule has 1 rings (SSSR count). The normalized spacial score (nSPS) is 15.4. The minimum absolute atomic E-state index is 0.0421. The van der Waals surface area contributed by atoms with Crippen LogP contribution in [0.3, 0.4) is 0 Å². The molecule has 0 saturated carbocycles. The van der Waals surface area contributed by atoms with Crippen LogP contribution in [0.1, 0.15) is 0 Å². The van der Waals surface area contributed by atoms with E-state index in [1.165, 1.54) is 0 Å². The third-order valence-electron chi connectivity index (χ3n) is 2.82. The van der Waals surface area contributed by atoms with Crippen molar-refractivity contribution < 1.29 is 70.8 Å². The molecule has 1 aromatic rings. The maximum atomic E-state index is 12.8. The molecule has 0 bridgehead atoms. The molecule has 0 aliphatic heterocycles. The number of rotatable bonds is 10. The summed E-state index contributed by atoms with van der Waals surface area (Å²) in [6.45, 7) is -17.7. The first-order valence-electron chi connectivity index (χ1n) is 7.96. The predicted molar refractivity (Wildman–Crippen MR) is 92.3 cm³/mol. The van der Waals surface area contributed by atoms with Gasteiger partial charge in [0.25, 0.3) is 0 Å². The van der Waals surface area contributed by atoms with Gasteiger partial charge in [0.1, 0.15) is 0 Å². The van der Waals surface area contributed by atoms with Gasteiger partial charge >= 0.3 is 186 Å². The minimum atomic E-state index is -7.06. The van der Waals surface area contributed by atoms with Crippen molar-refractivity contribution >= 4 is 29.7 Å². The first-order valence-corrected chi connectivity index (χ1v) is 11.7. The number of alkyl halides is 12. The molecule has 0 atom stereocenters. The number of hydrogen-bond acceptors (Lipinski definition) is 5. The molecule has 0 N–H and O–H groups in total. The molecule has 4 nitrogen and oxygen atoms in total. The van der Waals surface area contributed by atoms with Crippen LogP contribution in [0.25, 0.3) is 0 Å². The molecule has 0 amide bonds. The molecule has 0 spiro atoms. The molecule has 19 heteroatoms. The van der Waals surface area contributed by atoms with Crippen molar-refractivity contribution in [1.82, 2.24) is 0 Å². The second-order valence-corrected chi connectivity index (χ2v) is 11.8.